The minimum Gasteiger partial charge on any atom is -0.496 e. The van der Waals surface area contributed by atoms with Crippen molar-refractivity contribution < 1.29 is 28.7 Å². The largest absolute Gasteiger partial charge is 0.496 e. The van der Waals surface area contributed by atoms with Gasteiger partial charge < -0.3 is 19.5 Å². The van der Waals surface area contributed by atoms with Crippen molar-refractivity contribution in [3.63, 3.8) is 0 Å². The molecule has 0 bridgehead atoms. The van der Waals surface area contributed by atoms with Gasteiger partial charge in [-0.1, -0.05) is 0 Å². The van der Waals surface area contributed by atoms with E-state index < -0.39 is 29.5 Å². The van der Waals surface area contributed by atoms with Gasteiger partial charge >= 0.3 is 5.97 Å². The van der Waals surface area contributed by atoms with Crippen LogP contribution in [0, 0.1) is 10.1 Å². The number of nitro groups is 1. The van der Waals surface area contributed by atoms with E-state index in [1.165, 1.54) is 25.3 Å². The number of esters is 1. The molecule has 0 aliphatic carbocycles. The third-order valence-electron chi connectivity index (χ3n) is 3.21. The predicted molar refractivity (Wildman–Crippen MR) is 78.2 cm³/mol. The zero-order valence-corrected chi connectivity index (χ0v) is 12.4. The number of hydrogen-bond acceptors (Lipinski definition) is 7. The Morgan fingerprint density at radius 3 is 2.87 bits per heavy atom. The Kier molecular flexibility index (Phi) is 5.47. The van der Waals surface area contributed by atoms with E-state index in [0.717, 1.165) is 6.42 Å². The topological polar surface area (TPSA) is 117 Å². The summed E-state index contributed by atoms with van der Waals surface area (Å²) < 4.78 is 14.9. The molecule has 0 radical (unpaired) electrons. The molecule has 1 N–H and O–H groups in total. The van der Waals surface area contributed by atoms with Crippen LogP contribution in [0.4, 0.5) is 11.4 Å². The Bertz CT molecular complexity index is 611. The summed E-state index contributed by atoms with van der Waals surface area (Å²) in [4.78, 5) is 33.8. The van der Waals surface area contributed by atoms with Crippen LogP contribution in [0.3, 0.4) is 0 Å². The number of anilines is 1. The van der Waals surface area contributed by atoms with E-state index in [0.29, 0.717) is 18.8 Å². The van der Waals surface area contributed by atoms with Crippen LogP contribution < -0.4 is 10.1 Å². The summed E-state index contributed by atoms with van der Waals surface area (Å²) in [5.74, 6) is -0.994. The second-order valence-electron chi connectivity index (χ2n) is 4.80. The number of nitro benzene ring substituents is 1. The molecule has 124 valence electrons. The normalized spacial score (nSPS) is 16.7. The number of ether oxygens (including phenoxy) is 3. The Balaban J connectivity index is 1.94. The number of benzene rings is 1. The van der Waals surface area contributed by atoms with Crippen LogP contribution in [0.15, 0.2) is 18.2 Å². The summed E-state index contributed by atoms with van der Waals surface area (Å²) >= 11 is 0. The van der Waals surface area contributed by atoms with E-state index in [9.17, 15) is 19.7 Å². The van der Waals surface area contributed by atoms with E-state index in [1.807, 2.05) is 0 Å². The van der Waals surface area contributed by atoms with E-state index in [-0.39, 0.29) is 11.4 Å². The zero-order valence-electron chi connectivity index (χ0n) is 12.4. The molecule has 1 aromatic rings. The molecule has 1 heterocycles. The third kappa shape index (κ3) is 4.39. The number of methoxy groups -OCH3 is 1. The van der Waals surface area contributed by atoms with Crippen LogP contribution in [0.1, 0.15) is 12.8 Å². The average molecular weight is 324 g/mol. The third-order valence-corrected chi connectivity index (χ3v) is 3.21. The fourth-order valence-electron chi connectivity index (χ4n) is 2.07. The highest BCUT2D eigenvalue weighted by Gasteiger charge is 2.26. The zero-order chi connectivity index (χ0) is 16.8. The van der Waals surface area contributed by atoms with Gasteiger partial charge in [0.2, 0.25) is 0 Å². The number of carbonyl (C=O) groups is 2. The molecule has 1 atom stereocenters. The molecular weight excluding hydrogens is 308 g/mol. The number of hydrogen-bond donors (Lipinski definition) is 1. The second-order valence-corrected chi connectivity index (χ2v) is 4.80. The van der Waals surface area contributed by atoms with Crippen LogP contribution >= 0.6 is 0 Å². The van der Waals surface area contributed by atoms with Crippen molar-refractivity contribution >= 4 is 23.3 Å². The first-order valence-electron chi connectivity index (χ1n) is 6.92. The SMILES string of the molecule is COc1ccc(NC(=O)COC(=O)[C@@H]2CCCO2)c([N+](=O)[O-])c1. The molecule has 1 fully saturated rings. The van der Waals surface area contributed by atoms with Gasteiger partial charge in [-0.15, -0.1) is 0 Å². The highest BCUT2D eigenvalue weighted by atomic mass is 16.6. The molecule has 9 nitrogen and oxygen atoms in total. The Labute approximate surface area is 131 Å². The van der Waals surface area contributed by atoms with Crippen molar-refractivity contribution in [1.82, 2.24) is 0 Å². The van der Waals surface area contributed by atoms with Gasteiger partial charge in [0.25, 0.3) is 11.6 Å². The first kappa shape index (κ1) is 16.7. The number of amides is 1. The Morgan fingerprint density at radius 1 is 1.48 bits per heavy atom. The quantitative estimate of drug-likeness (QED) is 0.475. The van der Waals surface area contributed by atoms with Crippen molar-refractivity contribution in [2.24, 2.45) is 0 Å². The fourth-order valence-corrected chi connectivity index (χ4v) is 2.07. The van der Waals surface area contributed by atoms with Gasteiger partial charge in [-0.2, -0.15) is 0 Å². The maximum atomic E-state index is 11.8. The van der Waals surface area contributed by atoms with Gasteiger partial charge in [0, 0.05) is 6.61 Å². The lowest BCUT2D eigenvalue weighted by Crippen LogP contribution is -2.27. The maximum Gasteiger partial charge on any atom is 0.335 e. The highest BCUT2D eigenvalue weighted by molar-refractivity contribution is 5.95. The number of nitrogens with zero attached hydrogens (tertiary/aromatic N) is 1. The molecule has 0 unspecified atom stereocenters. The number of carbonyl (C=O) groups excluding carboxylic acids is 2. The van der Waals surface area contributed by atoms with Crippen LogP contribution in [0.2, 0.25) is 0 Å². The second kappa shape index (κ2) is 7.54. The molecule has 0 saturated carbocycles. The van der Waals surface area contributed by atoms with Gasteiger partial charge in [-0.3, -0.25) is 14.9 Å². The van der Waals surface area contributed by atoms with Gasteiger partial charge in [0.05, 0.1) is 18.1 Å². The molecule has 23 heavy (non-hydrogen) atoms. The first-order chi connectivity index (χ1) is 11.0. The molecular formula is C14H16N2O7. The van der Waals surface area contributed by atoms with Crippen molar-refractivity contribution in [1.29, 1.82) is 0 Å². The predicted octanol–water partition coefficient (Wildman–Crippen LogP) is 1.26. The summed E-state index contributed by atoms with van der Waals surface area (Å²) in [7, 11) is 1.38. The standard InChI is InChI=1S/C14H16N2O7/c1-21-9-4-5-10(11(7-9)16(19)20)15-13(17)8-23-14(18)12-3-2-6-22-12/h4-5,7,12H,2-3,6,8H2,1H3,(H,15,17)/t12-/m0/s1. The minimum absolute atomic E-state index is 0.00559. The fraction of sp³-hybridized carbons (Fsp3) is 0.429. The van der Waals surface area contributed by atoms with E-state index in [2.05, 4.69) is 5.32 Å². The smallest absolute Gasteiger partial charge is 0.335 e. The van der Waals surface area contributed by atoms with Crippen LogP contribution in [-0.4, -0.2) is 43.2 Å². The van der Waals surface area contributed by atoms with Crippen LogP contribution in [-0.2, 0) is 19.1 Å². The lowest BCUT2D eigenvalue weighted by atomic mass is 10.2. The van der Waals surface area contributed by atoms with Crippen molar-refractivity contribution in [2.75, 3.05) is 25.6 Å². The first-order valence-corrected chi connectivity index (χ1v) is 6.92. The van der Waals surface area contributed by atoms with E-state index in [4.69, 9.17) is 14.2 Å². The molecule has 1 aliphatic rings. The van der Waals surface area contributed by atoms with Crippen molar-refractivity contribution in [2.45, 2.75) is 18.9 Å². The summed E-state index contributed by atoms with van der Waals surface area (Å²) in [6.07, 6.45) is 0.687. The molecule has 1 aliphatic heterocycles. The van der Waals surface area contributed by atoms with Crippen molar-refractivity contribution in [3.05, 3.63) is 28.3 Å². The molecule has 0 aromatic heterocycles. The molecule has 1 amide bonds. The van der Waals surface area contributed by atoms with E-state index in [1.54, 1.807) is 0 Å². The molecule has 0 spiro atoms. The lowest BCUT2D eigenvalue weighted by Gasteiger charge is -2.10. The Morgan fingerprint density at radius 2 is 2.26 bits per heavy atom. The molecule has 1 saturated heterocycles. The summed E-state index contributed by atoms with van der Waals surface area (Å²) in [5.41, 5.74) is -0.322. The molecule has 2 rings (SSSR count). The summed E-state index contributed by atoms with van der Waals surface area (Å²) in [5, 5.41) is 13.3. The van der Waals surface area contributed by atoms with Gasteiger partial charge in [-0.05, 0) is 25.0 Å². The minimum atomic E-state index is -0.676. The van der Waals surface area contributed by atoms with Gasteiger partial charge in [-0.25, -0.2) is 4.79 Å². The number of nitrogens with one attached hydrogen (secondary N) is 1. The van der Waals surface area contributed by atoms with Crippen LogP contribution in [0.25, 0.3) is 0 Å². The monoisotopic (exact) mass is 324 g/mol. The van der Waals surface area contributed by atoms with Crippen LogP contribution in [0.5, 0.6) is 5.75 Å². The summed E-state index contributed by atoms with van der Waals surface area (Å²) in [6.45, 7) is -0.0497. The van der Waals surface area contributed by atoms with E-state index >= 15 is 0 Å². The van der Waals surface area contributed by atoms with Gasteiger partial charge in [0.1, 0.15) is 11.4 Å². The Hall–Kier alpha value is -2.68. The number of rotatable bonds is 6. The molecule has 9 heteroatoms. The highest BCUT2D eigenvalue weighted by Crippen LogP contribution is 2.28. The maximum absolute atomic E-state index is 11.8. The molecule has 1 aromatic carbocycles. The average Bonchev–Trinajstić information content (AvgIpc) is 3.07. The lowest BCUT2D eigenvalue weighted by molar-refractivity contribution is -0.384. The van der Waals surface area contributed by atoms with Crippen molar-refractivity contribution in [3.8, 4) is 5.75 Å². The summed E-state index contributed by atoms with van der Waals surface area (Å²) in [6, 6.07) is 4.01. The van der Waals surface area contributed by atoms with Gasteiger partial charge in [0.15, 0.2) is 12.7 Å².